The van der Waals surface area contributed by atoms with Gasteiger partial charge in [-0.3, -0.25) is 14.5 Å². The number of carboxylic acid groups (broad SMARTS) is 1. The molecule has 0 bridgehead atoms. The van der Waals surface area contributed by atoms with Crippen LogP contribution in [0.25, 0.3) is 0 Å². The van der Waals surface area contributed by atoms with Crippen LogP contribution in [0.2, 0.25) is 0 Å². The highest BCUT2D eigenvalue weighted by Gasteiger charge is 2.38. The van der Waals surface area contributed by atoms with E-state index in [2.05, 4.69) is 6.92 Å². The van der Waals surface area contributed by atoms with E-state index in [0.717, 1.165) is 30.6 Å². The van der Waals surface area contributed by atoms with Crippen molar-refractivity contribution in [3.63, 3.8) is 0 Å². The van der Waals surface area contributed by atoms with E-state index >= 15 is 0 Å². The van der Waals surface area contributed by atoms with Crippen LogP contribution in [0.4, 0.5) is 0 Å². The van der Waals surface area contributed by atoms with E-state index in [4.69, 9.17) is 5.11 Å². The molecule has 1 aliphatic rings. The third kappa shape index (κ3) is 4.65. The molecule has 5 nitrogen and oxygen atoms in total. The normalized spacial score (nSPS) is 17.0. The minimum absolute atomic E-state index is 0.152. The molecule has 108 valence electrons. The van der Waals surface area contributed by atoms with Gasteiger partial charge < -0.3 is 5.11 Å². The SMILES string of the molecule is CCCCCCCCC(C(=O)O)N1C(=O)CCC1=O. The first-order valence-electron chi connectivity index (χ1n) is 7.15. The molecule has 1 unspecified atom stereocenters. The number of hydrogen-bond acceptors (Lipinski definition) is 3. The second-order valence-electron chi connectivity index (χ2n) is 5.07. The van der Waals surface area contributed by atoms with Crippen LogP contribution < -0.4 is 0 Å². The maximum Gasteiger partial charge on any atom is 0.326 e. The van der Waals surface area contributed by atoms with E-state index in [1.54, 1.807) is 0 Å². The standard InChI is InChI=1S/C14H23NO4/c1-2-3-4-5-6-7-8-11(14(18)19)15-12(16)9-10-13(15)17/h11H,2-10H2,1H3,(H,18,19). The molecule has 0 aliphatic carbocycles. The molecule has 1 N–H and O–H groups in total. The Labute approximate surface area is 114 Å². The molecule has 0 aromatic rings. The van der Waals surface area contributed by atoms with Gasteiger partial charge in [0, 0.05) is 12.8 Å². The summed E-state index contributed by atoms with van der Waals surface area (Å²) in [6.07, 6.45) is 7.01. The molecule has 0 radical (unpaired) electrons. The molecule has 0 aromatic carbocycles. The molecular formula is C14H23NO4. The molecule has 1 aliphatic heterocycles. The molecule has 1 rings (SSSR count). The van der Waals surface area contributed by atoms with Gasteiger partial charge in [-0.05, 0) is 6.42 Å². The smallest absolute Gasteiger partial charge is 0.326 e. The van der Waals surface area contributed by atoms with Crippen LogP contribution in [0.5, 0.6) is 0 Å². The van der Waals surface area contributed by atoms with Gasteiger partial charge in [0.25, 0.3) is 0 Å². The van der Waals surface area contributed by atoms with Crippen molar-refractivity contribution in [3.8, 4) is 0 Å². The van der Waals surface area contributed by atoms with Crippen molar-refractivity contribution < 1.29 is 19.5 Å². The summed E-state index contributed by atoms with van der Waals surface area (Å²) < 4.78 is 0. The van der Waals surface area contributed by atoms with Crippen molar-refractivity contribution in [1.82, 2.24) is 4.90 Å². The number of amides is 2. The average Bonchev–Trinajstić information content (AvgIpc) is 2.69. The van der Waals surface area contributed by atoms with Crippen molar-refractivity contribution in [3.05, 3.63) is 0 Å². The van der Waals surface area contributed by atoms with Crippen molar-refractivity contribution in [2.24, 2.45) is 0 Å². The highest BCUT2D eigenvalue weighted by atomic mass is 16.4. The van der Waals surface area contributed by atoms with Gasteiger partial charge >= 0.3 is 5.97 Å². The topological polar surface area (TPSA) is 74.7 Å². The van der Waals surface area contributed by atoms with Crippen LogP contribution in [0.15, 0.2) is 0 Å². The molecular weight excluding hydrogens is 246 g/mol. The number of unbranched alkanes of at least 4 members (excludes halogenated alkanes) is 5. The number of aliphatic carboxylic acids is 1. The summed E-state index contributed by atoms with van der Waals surface area (Å²) in [5, 5.41) is 9.16. The van der Waals surface area contributed by atoms with E-state index in [9.17, 15) is 14.4 Å². The molecule has 1 saturated heterocycles. The number of carbonyl (C=O) groups is 3. The van der Waals surface area contributed by atoms with Crippen LogP contribution in [0.3, 0.4) is 0 Å². The van der Waals surface area contributed by atoms with Crippen LogP contribution >= 0.6 is 0 Å². The van der Waals surface area contributed by atoms with Crippen molar-refractivity contribution in [2.45, 2.75) is 70.8 Å². The lowest BCUT2D eigenvalue weighted by Gasteiger charge is -2.22. The van der Waals surface area contributed by atoms with Crippen LogP contribution in [-0.2, 0) is 14.4 Å². The predicted molar refractivity (Wildman–Crippen MR) is 70.5 cm³/mol. The largest absolute Gasteiger partial charge is 0.480 e. The third-order valence-electron chi connectivity index (χ3n) is 3.52. The first kappa shape index (κ1) is 15.7. The number of nitrogens with zero attached hydrogens (tertiary/aromatic N) is 1. The molecule has 1 atom stereocenters. The zero-order valence-corrected chi connectivity index (χ0v) is 11.6. The van der Waals surface area contributed by atoms with E-state index in [1.165, 1.54) is 12.8 Å². The van der Waals surface area contributed by atoms with E-state index < -0.39 is 12.0 Å². The summed E-state index contributed by atoms with van der Waals surface area (Å²) in [6, 6.07) is -0.964. The Morgan fingerprint density at radius 1 is 1.11 bits per heavy atom. The van der Waals surface area contributed by atoms with E-state index in [0.29, 0.717) is 6.42 Å². The number of carbonyl (C=O) groups excluding carboxylic acids is 2. The molecule has 0 saturated carbocycles. The Bertz CT molecular complexity index is 324. The summed E-state index contributed by atoms with van der Waals surface area (Å²) in [6.45, 7) is 2.14. The Balaban J connectivity index is 2.39. The minimum atomic E-state index is -1.07. The van der Waals surface area contributed by atoms with Gasteiger partial charge in [0.15, 0.2) is 0 Å². The van der Waals surface area contributed by atoms with Gasteiger partial charge in [-0.25, -0.2) is 4.79 Å². The van der Waals surface area contributed by atoms with Crippen molar-refractivity contribution in [1.29, 1.82) is 0 Å². The predicted octanol–water partition coefficient (Wildman–Crippen LogP) is 2.34. The zero-order valence-electron chi connectivity index (χ0n) is 11.6. The zero-order chi connectivity index (χ0) is 14.3. The highest BCUT2D eigenvalue weighted by molar-refractivity contribution is 6.04. The number of rotatable bonds is 9. The first-order chi connectivity index (χ1) is 9.07. The Hall–Kier alpha value is -1.39. The van der Waals surface area contributed by atoms with Gasteiger partial charge in [-0.15, -0.1) is 0 Å². The quantitative estimate of drug-likeness (QED) is 0.515. The second kappa shape index (κ2) is 7.92. The summed E-state index contributed by atoms with van der Waals surface area (Å²) in [5.74, 6) is -1.76. The van der Waals surface area contributed by atoms with Gasteiger partial charge in [0.1, 0.15) is 6.04 Å². The molecule has 1 heterocycles. The van der Waals surface area contributed by atoms with Gasteiger partial charge in [-0.2, -0.15) is 0 Å². The fourth-order valence-corrected chi connectivity index (χ4v) is 2.42. The lowest BCUT2D eigenvalue weighted by atomic mass is 10.0. The lowest BCUT2D eigenvalue weighted by Crippen LogP contribution is -2.44. The highest BCUT2D eigenvalue weighted by Crippen LogP contribution is 2.20. The number of carboxylic acids is 1. The van der Waals surface area contributed by atoms with Gasteiger partial charge in [-0.1, -0.05) is 45.4 Å². The summed E-state index contributed by atoms with van der Waals surface area (Å²) in [5.41, 5.74) is 0. The van der Waals surface area contributed by atoms with E-state index in [-0.39, 0.29) is 24.7 Å². The Kier molecular flexibility index (Phi) is 6.53. The Morgan fingerprint density at radius 3 is 2.16 bits per heavy atom. The maximum absolute atomic E-state index is 11.5. The summed E-state index contributed by atoms with van der Waals surface area (Å²) in [4.78, 5) is 35.2. The maximum atomic E-state index is 11.5. The minimum Gasteiger partial charge on any atom is -0.480 e. The number of imide groups is 1. The molecule has 5 heteroatoms. The molecule has 0 aromatic heterocycles. The molecule has 0 spiro atoms. The first-order valence-corrected chi connectivity index (χ1v) is 7.15. The molecule has 19 heavy (non-hydrogen) atoms. The molecule has 1 fully saturated rings. The third-order valence-corrected chi connectivity index (χ3v) is 3.52. The number of likely N-dealkylation sites (tertiary alicyclic amines) is 1. The lowest BCUT2D eigenvalue weighted by molar-refractivity contribution is -0.154. The second-order valence-corrected chi connectivity index (χ2v) is 5.07. The summed E-state index contributed by atoms with van der Waals surface area (Å²) in [7, 11) is 0. The van der Waals surface area contributed by atoms with Crippen molar-refractivity contribution in [2.75, 3.05) is 0 Å². The van der Waals surface area contributed by atoms with Gasteiger partial charge in [0.2, 0.25) is 11.8 Å². The van der Waals surface area contributed by atoms with Crippen LogP contribution in [0, 0.1) is 0 Å². The fourth-order valence-electron chi connectivity index (χ4n) is 2.42. The van der Waals surface area contributed by atoms with E-state index in [1.807, 2.05) is 0 Å². The van der Waals surface area contributed by atoms with Crippen LogP contribution in [0.1, 0.15) is 64.7 Å². The fraction of sp³-hybridized carbons (Fsp3) is 0.786. The molecule has 2 amide bonds. The van der Waals surface area contributed by atoms with Crippen LogP contribution in [-0.4, -0.2) is 33.8 Å². The monoisotopic (exact) mass is 269 g/mol. The average molecular weight is 269 g/mol. The Morgan fingerprint density at radius 2 is 1.63 bits per heavy atom. The van der Waals surface area contributed by atoms with Gasteiger partial charge in [0.05, 0.1) is 0 Å². The number of hydrogen-bond donors (Lipinski definition) is 1. The van der Waals surface area contributed by atoms with Crippen molar-refractivity contribution >= 4 is 17.8 Å². The summed E-state index contributed by atoms with van der Waals surface area (Å²) >= 11 is 0.